The number of nitrogens with zero attached hydrogens (tertiary/aromatic N) is 1. The Morgan fingerprint density at radius 1 is 1.28 bits per heavy atom. The number of rotatable bonds is 4. The highest BCUT2D eigenvalue weighted by Gasteiger charge is 2.26. The van der Waals surface area contributed by atoms with Crippen LogP contribution in [0.1, 0.15) is 31.4 Å². The van der Waals surface area contributed by atoms with Gasteiger partial charge in [-0.15, -0.1) is 12.4 Å². The molecule has 1 aliphatic heterocycles. The monoisotopic (exact) mass is 268 g/mol. The van der Waals surface area contributed by atoms with E-state index in [9.17, 15) is 0 Å². The second kappa shape index (κ2) is 7.13. The van der Waals surface area contributed by atoms with E-state index in [1.807, 2.05) is 0 Å². The van der Waals surface area contributed by atoms with Crippen molar-refractivity contribution in [2.24, 2.45) is 11.7 Å². The fourth-order valence-electron chi connectivity index (χ4n) is 2.65. The third-order valence-electron chi connectivity index (χ3n) is 3.68. The lowest BCUT2D eigenvalue weighted by Gasteiger charge is -2.15. The molecule has 1 aromatic carbocycles. The second-order valence-corrected chi connectivity index (χ2v) is 5.41. The van der Waals surface area contributed by atoms with E-state index in [0.717, 1.165) is 19.6 Å². The van der Waals surface area contributed by atoms with Gasteiger partial charge in [-0.25, -0.2) is 0 Å². The van der Waals surface area contributed by atoms with Gasteiger partial charge in [0.2, 0.25) is 0 Å². The van der Waals surface area contributed by atoms with Gasteiger partial charge < -0.3 is 5.73 Å². The predicted molar refractivity (Wildman–Crippen MR) is 80.1 cm³/mol. The molecule has 0 bridgehead atoms. The molecule has 2 unspecified atom stereocenters. The van der Waals surface area contributed by atoms with Crippen molar-refractivity contribution in [2.75, 3.05) is 13.1 Å². The minimum absolute atomic E-state index is 0. The molecule has 2 N–H and O–H groups in total. The van der Waals surface area contributed by atoms with Crippen LogP contribution in [-0.2, 0) is 13.0 Å². The molecule has 0 amide bonds. The van der Waals surface area contributed by atoms with Crippen LogP contribution in [0.15, 0.2) is 24.3 Å². The summed E-state index contributed by atoms with van der Waals surface area (Å²) in [6, 6.07) is 9.34. The van der Waals surface area contributed by atoms with Gasteiger partial charge in [-0.3, -0.25) is 4.90 Å². The van der Waals surface area contributed by atoms with Crippen LogP contribution in [0.25, 0.3) is 0 Å². The first-order chi connectivity index (χ1) is 8.19. The predicted octanol–water partition coefficient (Wildman–Crippen LogP) is 2.84. The van der Waals surface area contributed by atoms with Crippen molar-refractivity contribution in [1.82, 2.24) is 4.90 Å². The molecular formula is C15H25ClN2. The van der Waals surface area contributed by atoms with E-state index in [2.05, 4.69) is 43.0 Å². The zero-order valence-corrected chi connectivity index (χ0v) is 12.2. The lowest BCUT2D eigenvalue weighted by molar-refractivity contribution is 0.319. The highest BCUT2D eigenvalue weighted by Crippen LogP contribution is 2.18. The molecule has 1 aromatic rings. The third kappa shape index (κ3) is 3.98. The Morgan fingerprint density at radius 2 is 2.00 bits per heavy atom. The first-order valence-corrected chi connectivity index (χ1v) is 6.74. The van der Waals surface area contributed by atoms with E-state index < -0.39 is 0 Å². The SMILES string of the molecule is CCCc1cccc(CN2CC(C)C(N)C2)c1.Cl. The summed E-state index contributed by atoms with van der Waals surface area (Å²) >= 11 is 0. The molecule has 0 spiro atoms. The molecule has 1 heterocycles. The largest absolute Gasteiger partial charge is 0.326 e. The highest BCUT2D eigenvalue weighted by molar-refractivity contribution is 5.85. The van der Waals surface area contributed by atoms with E-state index in [4.69, 9.17) is 5.73 Å². The van der Waals surface area contributed by atoms with Gasteiger partial charge >= 0.3 is 0 Å². The Labute approximate surface area is 117 Å². The number of hydrogen-bond donors (Lipinski definition) is 1. The standard InChI is InChI=1S/C15H24N2.ClH/c1-3-5-13-6-4-7-14(8-13)10-17-9-12(2)15(16)11-17;/h4,6-8,12,15H,3,5,9-11,16H2,1-2H3;1H. The fourth-order valence-corrected chi connectivity index (χ4v) is 2.65. The topological polar surface area (TPSA) is 29.3 Å². The van der Waals surface area contributed by atoms with Gasteiger partial charge in [-0.1, -0.05) is 44.5 Å². The van der Waals surface area contributed by atoms with Crippen molar-refractivity contribution in [3.05, 3.63) is 35.4 Å². The minimum atomic E-state index is 0. The van der Waals surface area contributed by atoms with E-state index in [1.165, 1.54) is 24.0 Å². The molecule has 1 aliphatic rings. The smallest absolute Gasteiger partial charge is 0.0234 e. The molecule has 0 aliphatic carbocycles. The van der Waals surface area contributed by atoms with Gasteiger partial charge in [0.1, 0.15) is 0 Å². The van der Waals surface area contributed by atoms with Gasteiger partial charge in [0, 0.05) is 25.7 Å². The maximum Gasteiger partial charge on any atom is 0.0234 e. The number of likely N-dealkylation sites (tertiary alicyclic amines) is 1. The van der Waals surface area contributed by atoms with Crippen molar-refractivity contribution in [3.63, 3.8) is 0 Å². The van der Waals surface area contributed by atoms with Gasteiger partial charge in [0.15, 0.2) is 0 Å². The zero-order chi connectivity index (χ0) is 12.3. The lowest BCUT2D eigenvalue weighted by Crippen LogP contribution is -2.28. The Bertz CT molecular complexity index is 357. The first-order valence-electron chi connectivity index (χ1n) is 6.74. The summed E-state index contributed by atoms with van der Waals surface area (Å²) in [7, 11) is 0. The van der Waals surface area contributed by atoms with Crippen LogP contribution < -0.4 is 5.73 Å². The zero-order valence-electron chi connectivity index (χ0n) is 11.4. The number of halogens is 1. The van der Waals surface area contributed by atoms with E-state index >= 15 is 0 Å². The molecule has 3 heteroatoms. The van der Waals surface area contributed by atoms with Gasteiger partial charge in [0.25, 0.3) is 0 Å². The number of aryl methyl sites for hydroxylation is 1. The lowest BCUT2D eigenvalue weighted by atomic mass is 10.1. The summed E-state index contributed by atoms with van der Waals surface area (Å²) in [5, 5.41) is 0. The van der Waals surface area contributed by atoms with Gasteiger partial charge in [-0.2, -0.15) is 0 Å². The summed E-state index contributed by atoms with van der Waals surface area (Å²) in [6.45, 7) is 7.71. The van der Waals surface area contributed by atoms with Gasteiger partial charge in [-0.05, 0) is 23.5 Å². The quantitative estimate of drug-likeness (QED) is 0.910. The molecule has 18 heavy (non-hydrogen) atoms. The Balaban J connectivity index is 0.00000162. The molecular weight excluding hydrogens is 244 g/mol. The van der Waals surface area contributed by atoms with Gasteiger partial charge in [0.05, 0.1) is 0 Å². The van der Waals surface area contributed by atoms with Crippen molar-refractivity contribution in [3.8, 4) is 0 Å². The van der Waals surface area contributed by atoms with Crippen molar-refractivity contribution < 1.29 is 0 Å². The van der Waals surface area contributed by atoms with Crippen LogP contribution in [0, 0.1) is 5.92 Å². The highest BCUT2D eigenvalue weighted by atomic mass is 35.5. The maximum absolute atomic E-state index is 6.06. The Hall–Kier alpha value is -0.570. The van der Waals surface area contributed by atoms with Crippen LogP contribution in [0.5, 0.6) is 0 Å². The molecule has 102 valence electrons. The molecule has 0 aromatic heterocycles. The van der Waals surface area contributed by atoms with E-state index in [0.29, 0.717) is 12.0 Å². The minimum Gasteiger partial charge on any atom is -0.326 e. The molecule has 2 rings (SSSR count). The number of nitrogens with two attached hydrogens (primary N) is 1. The van der Waals surface area contributed by atoms with Crippen LogP contribution >= 0.6 is 12.4 Å². The normalized spacial score (nSPS) is 23.9. The third-order valence-corrected chi connectivity index (χ3v) is 3.68. The van der Waals surface area contributed by atoms with Crippen LogP contribution in [0.2, 0.25) is 0 Å². The van der Waals surface area contributed by atoms with Crippen molar-refractivity contribution in [2.45, 2.75) is 39.3 Å². The first kappa shape index (κ1) is 15.5. The van der Waals surface area contributed by atoms with E-state index in [1.54, 1.807) is 0 Å². The summed E-state index contributed by atoms with van der Waals surface area (Å²) in [5.74, 6) is 0.633. The summed E-state index contributed by atoms with van der Waals surface area (Å²) in [5.41, 5.74) is 8.95. The van der Waals surface area contributed by atoms with Crippen LogP contribution in [-0.4, -0.2) is 24.0 Å². The Morgan fingerprint density at radius 3 is 2.61 bits per heavy atom. The fraction of sp³-hybridized carbons (Fsp3) is 0.600. The molecule has 0 radical (unpaired) electrons. The molecule has 1 saturated heterocycles. The average Bonchev–Trinajstić information content (AvgIpc) is 2.59. The Kier molecular flexibility index (Phi) is 6.13. The van der Waals surface area contributed by atoms with Crippen molar-refractivity contribution >= 4 is 12.4 Å². The number of hydrogen-bond acceptors (Lipinski definition) is 2. The van der Waals surface area contributed by atoms with Crippen molar-refractivity contribution in [1.29, 1.82) is 0 Å². The molecule has 2 atom stereocenters. The van der Waals surface area contributed by atoms with Crippen LogP contribution in [0.3, 0.4) is 0 Å². The average molecular weight is 269 g/mol. The second-order valence-electron chi connectivity index (χ2n) is 5.41. The molecule has 1 fully saturated rings. The maximum atomic E-state index is 6.06. The molecule has 0 saturated carbocycles. The summed E-state index contributed by atoms with van der Waals surface area (Å²) < 4.78 is 0. The number of benzene rings is 1. The molecule has 2 nitrogen and oxygen atoms in total. The van der Waals surface area contributed by atoms with E-state index in [-0.39, 0.29) is 12.4 Å². The van der Waals surface area contributed by atoms with Crippen LogP contribution in [0.4, 0.5) is 0 Å². The summed E-state index contributed by atoms with van der Waals surface area (Å²) in [4.78, 5) is 2.47. The summed E-state index contributed by atoms with van der Waals surface area (Å²) in [6.07, 6.45) is 2.40.